The van der Waals surface area contributed by atoms with E-state index in [-0.39, 0.29) is 11.6 Å². The van der Waals surface area contributed by atoms with Crippen LogP contribution >= 0.6 is 0 Å². The molecule has 1 aromatic rings. The lowest BCUT2D eigenvalue weighted by Crippen LogP contribution is -2.29. The van der Waals surface area contributed by atoms with E-state index in [0.29, 0.717) is 12.8 Å². The van der Waals surface area contributed by atoms with E-state index in [1.165, 1.54) is 12.1 Å². The Balaban J connectivity index is 0.000000754. The zero-order chi connectivity index (χ0) is 18.9. The fourth-order valence-corrected chi connectivity index (χ4v) is 1.87. The van der Waals surface area contributed by atoms with E-state index >= 15 is 0 Å². The molecule has 24 heavy (non-hydrogen) atoms. The van der Waals surface area contributed by atoms with Crippen molar-refractivity contribution in [2.45, 2.75) is 26.7 Å². The highest BCUT2D eigenvalue weighted by Crippen LogP contribution is 2.24. The summed E-state index contributed by atoms with van der Waals surface area (Å²) in [5.41, 5.74) is 0.605. The molecular formula is C17H24FNO5. The smallest absolute Gasteiger partial charge is 0.414 e. The molecule has 0 bridgehead atoms. The van der Waals surface area contributed by atoms with Crippen molar-refractivity contribution in [1.29, 1.82) is 0 Å². The molecule has 7 heteroatoms. The molecule has 0 radical (unpaired) electrons. The van der Waals surface area contributed by atoms with Gasteiger partial charge in [-0.2, -0.15) is 0 Å². The minimum Gasteiger partial charge on any atom is -0.473 e. The summed E-state index contributed by atoms with van der Waals surface area (Å²) in [6.45, 7) is 4.67. The van der Waals surface area contributed by atoms with E-state index in [1.54, 1.807) is 12.1 Å². The highest BCUT2D eigenvalue weighted by Gasteiger charge is 2.27. The number of carbonyl (C=O) groups excluding carboxylic acids is 1. The molecule has 2 N–H and O–H groups in total. The Hall–Kier alpha value is -2.28. The number of rotatable bonds is 6. The highest BCUT2D eigenvalue weighted by molar-refractivity contribution is 6.27. The standard InChI is InChI=1S/C15H22FNO.C2H2O4/c1-15(2,14(18)9-10-17(3)4)11-12-5-7-13(16)8-6-12;3-1(4)2(5)6/h5-8H,9-11H2,1-4H3;(H,3,4)(H,5,6). The van der Waals surface area contributed by atoms with Crippen LogP contribution in [0.1, 0.15) is 25.8 Å². The summed E-state index contributed by atoms with van der Waals surface area (Å²) >= 11 is 0. The number of ketones is 1. The normalized spacial score (nSPS) is 10.8. The fourth-order valence-electron chi connectivity index (χ4n) is 1.87. The third-order valence-corrected chi connectivity index (χ3v) is 3.28. The van der Waals surface area contributed by atoms with Gasteiger partial charge in [0.1, 0.15) is 11.6 Å². The maximum absolute atomic E-state index is 12.8. The van der Waals surface area contributed by atoms with Gasteiger partial charge < -0.3 is 15.1 Å². The molecule has 0 aliphatic carbocycles. The Kier molecular flexibility index (Phi) is 8.84. The van der Waals surface area contributed by atoms with Crippen LogP contribution in [0.2, 0.25) is 0 Å². The van der Waals surface area contributed by atoms with E-state index < -0.39 is 17.4 Å². The first kappa shape index (κ1) is 21.7. The summed E-state index contributed by atoms with van der Waals surface area (Å²) in [5, 5.41) is 14.8. The first-order chi connectivity index (χ1) is 11.0. The van der Waals surface area contributed by atoms with Gasteiger partial charge in [0.05, 0.1) is 0 Å². The van der Waals surface area contributed by atoms with Crippen LogP contribution in [0.4, 0.5) is 4.39 Å². The molecule has 0 fully saturated rings. The predicted molar refractivity (Wildman–Crippen MR) is 87.3 cm³/mol. The lowest BCUT2D eigenvalue weighted by atomic mass is 9.80. The molecule has 1 rings (SSSR count). The van der Waals surface area contributed by atoms with Crippen molar-refractivity contribution < 1.29 is 29.0 Å². The number of Topliss-reactive ketones (excluding diaryl/α,β-unsaturated/α-hetero) is 1. The Morgan fingerprint density at radius 2 is 1.50 bits per heavy atom. The van der Waals surface area contributed by atoms with Gasteiger partial charge in [0, 0.05) is 18.4 Å². The lowest BCUT2D eigenvalue weighted by molar-refractivity contribution is -0.159. The number of carboxylic acid groups (broad SMARTS) is 2. The SMILES string of the molecule is CN(C)CCC(=O)C(C)(C)Cc1ccc(F)cc1.O=C(O)C(=O)O. The summed E-state index contributed by atoms with van der Waals surface area (Å²) < 4.78 is 12.8. The molecule has 0 unspecified atom stereocenters. The maximum Gasteiger partial charge on any atom is 0.414 e. The van der Waals surface area contributed by atoms with E-state index in [0.717, 1.165) is 12.1 Å². The molecular weight excluding hydrogens is 317 g/mol. The van der Waals surface area contributed by atoms with Gasteiger partial charge in [0.25, 0.3) is 0 Å². The molecule has 0 amide bonds. The monoisotopic (exact) mass is 341 g/mol. The van der Waals surface area contributed by atoms with E-state index in [2.05, 4.69) is 0 Å². The van der Waals surface area contributed by atoms with Crippen LogP contribution in [0.5, 0.6) is 0 Å². The zero-order valence-corrected chi connectivity index (χ0v) is 14.4. The molecule has 0 aliphatic heterocycles. The summed E-state index contributed by atoms with van der Waals surface area (Å²) in [4.78, 5) is 32.3. The minimum atomic E-state index is -1.82. The Bertz CT molecular complexity index is 555. The van der Waals surface area contributed by atoms with Crippen molar-refractivity contribution in [1.82, 2.24) is 4.90 Å². The molecule has 0 spiro atoms. The second-order valence-electron chi connectivity index (χ2n) is 6.27. The first-order valence-corrected chi connectivity index (χ1v) is 7.34. The average molecular weight is 341 g/mol. The molecule has 0 aromatic heterocycles. The third-order valence-electron chi connectivity index (χ3n) is 3.28. The molecule has 0 saturated carbocycles. The molecule has 134 valence electrons. The number of benzene rings is 1. The Morgan fingerprint density at radius 1 is 1.04 bits per heavy atom. The summed E-state index contributed by atoms with van der Waals surface area (Å²) in [6.07, 6.45) is 1.21. The summed E-state index contributed by atoms with van der Waals surface area (Å²) in [7, 11) is 3.92. The van der Waals surface area contributed by atoms with Gasteiger partial charge in [0.2, 0.25) is 0 Å². The van der Waals surface area contributed by atoms with Crippen LogP contribution in [-0.4, -0.2) is 53.5 Å². The van der Waals surface area contributed by atoms with Gasteiger partial charge in [-0.15, -0.1) is 0 Å². The number of aliphatic carboxylic acids is 2. The number of hydrogen-bond acceptors (Lipinski definition) is 4. The van der Waals surface area contributed by atoms with Crippen LogP contribution in [0.15, 0.2) is 24.3 Å². The highest BCUT2D eigenvalue weighted by atomic mass is 19.1. The summed E-state index contributed by atoms with van der Waals surface area (Å²) in [5.74, 6) is -3.64. The van der Waals surface area contributed by atoms with Crippen molar-refractivity contribution >= 4 is 17.7 Å². The maximum atomic E-state index is 12.8. The van der Waals surface area contributed by atoms with Crippen molar-refractivity contribution in [3.05, 3.63) is 35.6 Å². The Labute approximate surface area is 140 Å². The van der Waals surface area contributed by atoms with Gasteiger partial charge in [-0.05, 0) is 38.2 Å². The van der Waals surface area contributed by atoms with Gasteiger partial charge in [-0.25, -0.2) is 14.0 Å². The van der Waals surface area contributed by atoms with Crippen LogP contribution in [0, 0.1) is 11.2 Å². The van der Waals surface area contributed by atoms with E-state index in [4.69, 9.17) is 19.8 Å². The quantitative estimate of drug-likeness (QED) is 0.769. The van der Waals surface area contributed by atoms with Crippen LogP contribution in [-0.2, 0) is 20.8 Å². The number of carbonyl (C=O) groups is 3. The van der Waals surface area contributed by atoms with Gasteiger partial charge in [-0.1, -0.05) is 26.0 Å². The predicted octanol–water partition coefficient (Wildman–Crippen LogP) is 2.07. The van der Waals surface area contributed by atoms with Gasteiger partial charge in [0.15, 0.2) is 0 Å². The largest absolute Gasteiger partial charge is 0.473 e. The lowest BCUT2D eigenvalue weighted by Gasteiger charge is -2.24. The number of carboxylic acids is 2. The van der Waals surface area contributed by atoms with Crippen LogP contribution < -0.4 is 0 Å². The topological polar surface area (TPSA) is 94.9 Å². The molecule has 0 aliphatic rings. The van der Waals surface area contributed by atoms with Gasteiger partial charge in [-0.3, -0.25) is 4.79 Å². The molecule has 0 atom stereocenters. The number of hydrogen-bond donors (Lipinski definition) is 2. The van der Waals surface area contributed by atoms with Crippen molar-refractivity contribution in [2.24, 2.45) is 5.41 Å². The molecule has 1 aromatic carbocycles. The molecule has 0 heterocycles. The second-order valence-corrected chi connectivity index (χ2v) is 6.27. The second kappa shape index (κ2) is 9.77. The van der Waals surface area contributed by atoms with Crippen molar-refractivity contribution in [2.75, 3.05) is 20.6 Å². The number of nitrogens with zero attached hydrogens (tertiary/aromatic N) is 1. The Morgan fingerprint density at radius 3 is 1.88 bits per heavy atom. The van der Waals surface area contributed by atoms with Crippen LogP contribution in [0.3, 0.4) is 0 Å². The third kappa shape index (κ3) is 8.99. The van der Waals surface area contributed by atoms with Crippen LogP contribution in [0.25, 0.3) is 0 Å². The van der Waals surface area contributed by atoms with E-state index in [1.807, 2.05) is 32.8 Å². The molecule has 6 nitrogen and oxygen atoms in total. The van der Waals surface area contributed by atoms with Crippen molar-refractivity contribution in [3.8, 4) is 0 Å². The fraction of sp³-hybridized carbons (Fsp3) is 0.471. The minimum absolute atomic E-state index is 0.240. The summed E-state index contributed by atoms with van der Waals surface area (Å²) in [6, 6.07) is 6.37. The van der Waals surface area contributed by atoms with Gasteiger partial charge >= 0.3 is 11.9 Å². The van der Waals surface area contributed by atoms with E-state index in [9.17, 15) is 9.18 Å². The molecule has 0 saturated heterocycles. The average Bonchev–Trinajstić information content (AvgIpc) is 2.47. The number of halogens is 1. The zero-order valence-electron chi connectivity index (χ0n) is 14.4. The van der Waals surface area contributed by atoms with Crippen molar-refractivity contribution in [3.63, 3.8) is 0 Å². The first-order valence-electron chi connectivity index (χ1n) is 7.34.